The smallest absolute Gasteiger partial charge is 0.308 e. The Hall–Kier alpha value is -3.11. The molecule has 0 saturated carbocycles. The van der Waals surface area contributed by atoms with Gasteiger partial charge in [-0.15, -0.1) is 0 Å². The number of ether oxygens (including phenoxy) is 2. The highest BCUT2D eigenvalue weighted by Gasteiger charge is 2.47. The van der Waals surface area contributed by atoms with Gasteiger partial charge < -0.3 is 29.0 Å². The van der Waals surface area contributed by atoms with Crippen molar-refractivity contribution in [2.45, 2.75) is 51.0 Å². The van der Waals surface area contributed by atoms with Gasteiger partial charge in [0.05, 0.1) is 18.7 Å². The quantitative estimate of drug-likeness (QED) is 0.426. The molecule has 0 aliphatic carbocycles. The summed E-state index contributed by atoms with van der Waals surface area (Å²) in [4.78, 5) is 33.9. The number of amides is 1. The lowest BCUT2D eigenvalue weighted by atomic mass is 9.83. The maximum Gasteiger partial charge on any atom is 0.308 e. The van der Waals surface area contributed by atoms with Crippen LogP contribution >= 0.6 is 0 Å². The SMILES string of the molecule is CCCCN(CCCO)C(=O)CN1CC(c2ccc3c(c2)OCO3)[C@H](C(=O)O)[C@H]1CCc1ncco1. The van der Waals surface area contributed by atoms with E-state index in [0.717, 1.165) is 18.4 Å². The predicted octanol–water partition coefficient (Wildman–Crippen LogP) is 2.52. The molecule has 1 unspecified atom stereocenters. The minimum atomic E-state index is -0.895. The van der Waals surface area contributed by atoms with E-state index in [1.165, 1.54) is 6.26 Å². The van der Waals surface area contributed by atoms with E-state index in [9.17, 15) is 19.8 Å². The number of carboxylic acid groups (broad SMARTS) is 1. The summed E-state index contributed by atoms with van der Waals surface area (Å²) in [6, 6.07) is 5.18. The highest BCUT2D eigenvalue weighted by molar-refractivity contribution is 5.79. The van der Waals surface area contributed by atoms with Crippen molar-refractivity contribution in [2.75, 3.05) is 39.6 Å². The Balaban J connectivity index is 1.58. The summed E-state index contributed by atoms with van der Waals surface area (Å²) in [5.74, 6) is -0.176. The highest BCUT2D eigenvalue weighted by Crippen LogP contribution is 2.43. The average molecular weight is 502 g/mol. The van der Waals surface area contributed by atoms with Crippen LogP contribution in [0.15, 0.2) is 35.1 Å². The molecule has 1 aromatic carbocycles. The van der Waals surface area contributed by atoms with Gasteiger partial charge in [0.25, 0.3) is 0 Å². The molecule has 2 aromatic rings. The lowest BCUT2D eigenvalue weighted by molar-refractivity contribution is -0.144. The fourth-order valence-corrected chi connectivity index (χ4v) is 5.23. The molecule has 0 radical (unpaired) electrons. The van der Waals surface area contributed by atoms with Crippen molar-refractivity contribution >= 4 is 11.9 Å². The number of oxazole rings is 1. The number of aliphatic hydroxyl groups is 1. The van der Waals surface area contributed by atoms with Crippen LogP contribution in [0.3, 0.4) is 0 Å². The number of aryl methyl sites for hydroxylation is 1. The summed E-state index contributed by atoms with van der Waals surface area (Å²) < 4.78 is 16.3. The van der Waals surface area contributed by atoms with E-state index in [1.807, 2.05) is 23.1 Å². The number of unbranched alkanes of at least 4 members (excludes halogenated alkanes) is 1. The Morgan fingerprint density at radius 1 is 1.19 bits per heavy atom. The average Bonchev–Trinajstić information content (AvgIpc) is 3.62. The molecule has 36 heavy (non-hydrogen) atoms. The van der Waals surface area contributed by atoms with E-state index in [2.05, 4.69) is 11.9 Å². The second kappa shape index (κ2) is 12.2. The van der Waals surface area contributed by atoms with E-state index in [4.69, 9.17) is 13.9 Å². The second-order valence-corrected chi connectivity index (χ2v) is 9.36. The molecule has 1 amide bonds. The van der Waals surface area contributed by atoms with Crippen LogP contribution in [0.1, 0.15) is 50.0 Å². The summed E-state index contributed by atoms with van der Waals surface area (Å²) in [6.07, 6.45) is 6.40. The number of hydrogen-bond donors (Lipinski definition) is 2. The molecule has 1 saturated heterocycles. The fraction of sp³-hybridized carbons (Fsp3) is 0.577. The number of hydrogen-bond acceptors (Lipinski definition) is 8. The standard InChI is InChI=1S/C26H35N3O7/c1-2-3-10-28(11-4-12-30)24(31)16-29-15-19(18-5-7-21-22(14-18)36-17-35-21)25(26(32)33)20(29)6-8-23-27-9-13-34-23/h5,7,9,13-14,19-20,25,30H,2-4,6,8,10-12,15-17H2,1H3,(H,32,33)/t19?,20-,25+/m1/s1. The van der Waals surface area contributed by atoms with Crippen molar-refractivity contribution in [3.8, 4) is 11.5 Å². The number of carboxylic acids is 1. The van der Waals surface area contributed by atoms with Crippen molar-refractivity contribution in [1.29, 1.82) is 0 Å². The van der Waals surface area contributed by atoms with Crippen LogP contribution in [-0.2, 0) is 16.0 Å². The van der Waals surface area contributed by atoms with Gasteiger partial charge in [0.1, 0.15) is 6.26 Å². The Labute approximate surface area is 210 Å². The first-order chi connectivity index (χ1) is 17.5. The first-order valence-electron chi connectivity index (χ1n) is 12.6. The van der Waals surface area contributed by atoms with Crippen molar-refractivity contribution in [3.05, 3.63) is 42.1 Å². The Bertz CT molecular complexity index is 1000. The van der Waals surface area contributed by atoms with Gasteiger partial charge in [-0.1, -0.05) is 19.4 Å². The molecule has 3 heterocycles. The number of aliphatic carboxylic acids is 1. The van der Waals surface area contributed by atoms with Gasteiger partial charge >= 0.3 is 5.97 Å². The molecular weight excluding hydrogens is 466 g/mol. The van der Waals surface area contributed by atoms with Gasteiger partial charge in [0, 0.05) is 44.6 Å². The zero-order valence-corrected chi connectivity index (χ0v) is 20.7. The van der Waals surface area contributed by atoms with Gasteiger partial charge in [-0.25, -0.2) is 4.98 Å². The molecule has 2 aliphatic rings. The monoisotopic (exact) mass is 501 g/mol. The zero-order valence-electron chi connectivity index (χ0n) is 20.7. The molecule has 3 atom stereocenters. The van der Waals surface area contributed by atoms with Crippen LogP contribution in [-0.4, -0.2) is 82.5 Å². The molecule has 10 nitrogen and oxygen atoms in total. The van der Waals surface area contributed by atoms with Crippen LogP contribution in [0.4, 0.5) is 0 Å². The number of carbonyl (C=O) groups excluding carboxylic acids is 1. The first kappa shape index (κ1) is 26.0. The Morgan fingerprint density at radius 2 is 2.00 bits per heavy atom. The maximum atomic E-state index is 13.4. The van der Waals surface area contributed by atoms with E-state index in [0.29, 0.717) is 56.3 Å². The van der Waals surface area contributed by atoms with Crippen LogP contribution in [0.2, 0.25) is 0 Å². The van der Waals surface area contributed by atoms with E-state index >= 15 is 0 Å². The van der Waals surface area contributed by atoms with Gasteiger partial charge in [0.15, 0.2) is 17.4 Å². The number of likely N-dealkylation sites (tertiary alicyclic amines) is 1. The number of fused-ring (bicyclic) bond motifs is 1. The normalized spacial score (nSPS) is 21.1. The van der Waals surface area contributed by atoms with Crippen LogP contribution in [0.25, 0.3) is 0 Å². The molecule has 2 aliphatic heterocycles. The third-order valence-electron chi connectivity index (χ3n) is 7.05. The first-order valence-corrected chi connectivity index (χ1v) is 12.6. The summed E-state index contributed by atoms with van der Waals surface area (Å²) in [7, 11) is 0. The summed E-state index contributed by atoms with van der Waals surface area (Å²) in [5, 5.41) is 19.6. The van der Waals surface area contributed by atoms with Crippen molar-refractivity contribution < 1.29 is 33.7 Å². The van der Waals surface area contributed by atoms with E-state index in [-0.39, 0.29) is 37.8 Å². The molecule has 196 valence electrons. The van der Waals surface area contributed by atoms with Gasteiger partial charge in [0.2, 0.25) is 12.7 Å². The van der Waals surface area contributed by atoms with Crippen molar-refractivity contribution in [3.63, 3.8) is 0 Å². The molecule has 1 fully saturated rings. The maximum absolute atomic E-state index is 13.4. The minimum absolute atomic E-state index is 0.0195. The molecular formula is C26H35N3O7. The highest BCUT2D eigenvalue weighted by atomic mass is 16.7. The lowest BCUT2D eigenvalue weighted by Crippen LogP contribution is -2.45. The van der Waals surface area contributed by atoms with Crippen molar-refractivity contribution in [2.24, 2.45) is 5.92 Å². The molecule has 1 aromatic heterocycles. The number of nitrogens with zero attached hydrogens (tertiary/aromatic N) is 3. The summed E-state index contributed by atoms with van der Waals surface area (Å²) >= 11 is 0. The number of aromatic nitrogens is 1. The number of rotatable bonds is 13. The zero-order chi connectivity index (χ0) is 25.5. The second-order valence-electron chi connectivity index (χ2n) is 9.36. The third kappa shape index (κ3) is 5.99. The summed E-state index contributed by atoms with van der Waals surface area (Å²) in [5.41, 5.74) is 0.853. The molecule has 2 N–H and O–H groups in total. The van der Waals surface area contributed by atoms with Crippen LogP contribution < -0.4 is 9.47 Å². The number of aliphatic hydroxyl groups excluding tert-OH is 1. The largest absolute Gasteiger partial charge is 0.481 e. The minimum Gasteiger partial charge on any atom is -0.481 e. The number of benzene rings is 1. The molecule has 0 bridgehead atoms. The van der Waals surface area contributed by atoms with Crippen LogP contribution in [0, 0.1) is 5.92 Å². The van der Waals surface area contributed by atoms with Crippen LogP contribution in [0.5, 0.6) is 11.5 Å². The molecule has 10 heteroatoms. The van der Waals surface area contributed by atoms with E-state index < -0.39 is 11.9 Å². The van der Waals surface area contributed by atoms with Gasteiger partial charge in [-0.2, -0.15) is 0 Å². The Morgan fingerprint density at radius 3 is 2.72 bits per heavy atom. The Kier molecular flexibility index (Phi) is 8.82. The topological polar surface area (TPSA) is 126 Å². The molecule has 4 rings (SSSR count). The van der Waals surface area contributed by atoms with Crippen molar-refractivity contribution in [1.82, 2.24) is 14.8 Å². The van der Waals surface area contributed by atoms with Gasteiger partial charge in [-0.05, 0) is 37.0 Å². The van der Waals surface area contributed by atoms with Gasteiger partial charge in [-0.3, -0.25) is 14.5 Å². The molecule has 0 spiro atoms. The predicted molar refractivity (Wildman–Crippen MR) is 130 cm³/mol. The number of carbonyl (C=O) groups is 2. The third-order valence-corrected chi connectivity index (χ3v) is 7.05. The fourth-order valence-electron chi connectivity index (χ4n) is 5.23. The van der Waals surface area contributed by atoms with E-state index in [1.54, 1.807) is 11.1 Å². The summed E-state index contributed by atoms with van der Waals surface area (Å²) in [6.45, 7) is 3.90. The lowest BCUT2D eigenvalue weighted by Gasteiger charge is -2.29.